The van der Waals surface area contributed by atoms with Crippen molar-refractivity contribution in [3.63, 3.8) is 0 Å². The van der Waals surface area contributed by atoms with E-state index in [2.05, 4.69) is 39.5 Å². The maximum Gasteiger partial charge on any atom is 0.227 e. The molecule has 0 spiro atoms. The number of nitrogens with one attached hydrogen (secondary N) is 2. The Morgan fingerprint density at radius 1 is 1.20 bits per heavy atom. The van der Waals surface area contributed by atoms with Crippen molar-refractivity contribution in [3.05, 3.63) is 22.7 Å². The van der Waals surface area contributed by atoms with Crippen molar-refractivity contribution in [2.75, 3.05) is 23.3 Å². The van der Waals surface area contributed by atoms with Crippen LogP contribution in [0.3, 0.4) is 0 Å². The van der Waals surface area contributed by atoms with E-state index in [-0.39, 0.29) is 0 Å². The van der Waals surface area contributed by atoms with Crippen LogP contribution in [0.5, 0.6) is 0 Å². The van der Waals surface area contributed by atoms with Crippen LogP contribution in [0.2, 0.25) is 0 Å². The minimum Gasteiger partial charge on any atom is -0.340 e. The van der Waals surface area contributed by atoms with Crippen molar-refractivity contribution in [2.45, 2.75) is 32.1 Å². The number of hydrogen-bond acceptors (Lipinski definition) is 6. The quantitative estimate of drug-likeness (QED) is 0.747. The van der Waals surface area contributed by atoms with E-state index in [9.17, 15) is 0 Å². The molecule has 0 bridgehead atoms. The second-order valence-electron chi connectivity index (χ2n) is 7.71. The summed E-state index contributed by atoms with van der Waals surface area (Å²) in [5.74, 6) is 5.00. The molecular weight excluding hydrogens is 332 g/mol. The van der Waals surface area contributed by atoms with Crippen molar-refractivity contribution in [3.8, 4) is 0 Å². The number of nitrogens with zero attached hydrogens (tertiary/aromatic N) is 4. The largest absolute Gasteiger partial charge is 0.340 e. The highest BCUT2D eigenvalue weighted by molar-refractivity contribution is 7.19. The number of piperidine rings is 1. The topological polar surface area (TPSA) is 69.7 Å². The van der Waals surface area contributed by atoms with E-state index in [1.54, 1.807) is 11.3 Å². The van der Waals surface area contributed by atoms with Gasteiger partial charge in [-0.2, -0.15) is 10.1 Å². The van der Waals surface area contributed by atoms with Crippen LogP contribution in [0.25, 0.3) is 10.2 Å². The smallest absolute Gasteiger partial charge is 0.227 e. The summed E-state index contributed by atoms with van der Waals surface area (Å²) in [6, 6.07) is 4.28. The number of H-pyrrole nitrogens is 1. The number of rotatable bonds is 4. The van der Waals surface area contributed by atoms with Crippen LogP contribution in [-0.2, 0) is 0 Å². The van der Waals surface area contributed by atoms with E-state index in [0.29, 0.717) is 5.92 Å². The number of aryl methyl sites for hydroxylation is 1. The first-order valence-corrected chi connectivity index (χ1v) is 9.90. The van der Waals surface area contributed by atoms with Crippen LogP contribution in [-0.4, -0.2) is 33.3 Å². The summed E-state index contributed by atoms with van der Waals surface area (Å²) in [5, 5.41) is 11.0. The maximum atomic E-state index is 4.88. The number of aromatic amines is 1. The number of anilines is 3. The predicted molar refractivity (Wildman–Crippen MR) is 99.8 cm³/mol. The van der Waals surface area contributed by atoms with Crippen molar-refractivity contribution in [1.82, 2.24) is 20.2 Å². The number of aromatic nitrogens is 4. The molecule has 4 heterocycles. The lowest BCUT2D eigenvalue weighted by Crippen LogP contribution is -2.24. The van der Waals surface area contributed by atoms with Crippen molar-refractivity contribution in [2.24, 2.45) is 11.8 Å². The molecule has 0 amide bonds. The Bertz CT molecular complexity index is 961. The fraction of sp³-hybridized carbons (Fsp3) is 0.500. The van der Waals surface area contributed by atoms with Gasteiger partial charge in [-0.3, -0.25) is 5.10 Å². The van der Waals surface area contributed by atoms with Crippen molar-refractivity contribution >= 4 is 39.1 Å². The van der Waals surface area contributed by atoms with Gasteiger partial charge in [0.2, 0.25) is 5.95 Å². The minimum absolute atomic E-state index is 0.671. The van der Waals surface area contributed by atoms with Crippen LogP contribution in [0.15, 0.2) is 12.1 Å². The Labute approximate surface area is 149 Å². The molecular formula is C18H20N6S. The lowest BCUT2D eigenvalue weighted by atomic mass is 10.3. The van der Waals surface area contributed by atoms with Crippen LogP contribution < -0.4 is 10.2 Å². The minimum atomic E-state index is 0.671. The summed E-state index contributed by atoms with van der Waals surface area (Å²) in [6.07, 6.45) is 3.93. The highest BCUT2D eigenvalue weighted by Gasteiger charge is 2.46. The lowest BCUT2D eigenvalue weighted by molar-refractivity contribution is 0.791. The number of fused-ring (bicyclic) bond motifs is 2. The van der Waals surface area contributed by atoms with Gasteiger partial charge in [0.1, 0.15) is 0 Å². The SMILES string of the molecule is Cc1cc2nc(N3C[C@H]4C[C@H]4C3)nc(Nc3cc(C4CC4)[nH]n3)c2s1. The Morgan fingerprint density at radius 3 is 2.84 bits per heavy atom. The van der Waals surface area contributed by atoms with Gasteiger partial charge in [0.05, 0.1) is 10.2 Å². The molecule has 3 fully saturated rings. The van der Waals surface area contributed by atoms with Crippen LogP contribution in [0.1, 0.15) is 35.8 Å². The summed E-state index contributed by atoms with van der Waals surface area (Å²) >= 11 is 1.74. The Hall–Kier alpha value is -2.15. The van der Waals surface area contributed by atoms with Gasteiger partial charge in [-0.25, -0.2) is 4.98 Å². The average molecular weight is 352 g/mol. The molecule has 3 aromatic heterocycles. The molecule has 7 heteroatoms. The second-order valence-corrected chi connectivity index (χ2v) is 8.97. The van der Waals surface area contributed by atoms with Gasteiger partial charge < -0.3 is 10.2 Å². The van der Waals surface area contributed by atoms with Crippen LogP contribution >= 0.6 is 11.3 Å². The molecule has 2 N–H and O–H groups in total. The molecule has 0 aromatic carbocycles. The summed E-state index contributed by atoms with van der Waals surface area (Å²) in [4.78, 5) is 13.3. The molecule has 1 aliphatic heterocycles. The van der Waals surface area contributed by atoms with Crippen molar-refractivity contribution < 1.29 is 0 Å². The van der Waals surface area contributed by atoms with Gasteiger partial charge in [-0.05, 0) is 44.1 Å². The van der Waals surface area contributed by atoms with E-state index >= 15 is 0 Å². The van der Waals surface area contributed by atoms with Crippen molar-refractivity contribution in [1.29, 1.82) is 0 Å². The zero-order valence-corrected chi connectivity index (χ0v) is 14.9. The second kappa shape index (κ2) is 4.94. The molecule has 3 aliphatic rings. The third-order valence-electron chi connectivity index (χ3n) is 5.61. The number of hydrogen-bond donors (Lipinski definition) is 2. The van der Waals surface area contributed by atoms with E-state index in [1.807, 2.05) is 0 Å². The fourth-order valence-electron chi connectivity index (χ4n) is 3.95. The third kappa shape index (κ3) is 2.40. The van der Waals surface area contributed by atoms with E-state index in [0.717, 1.165) is 52.7 Å². The molecule has 1 saturated heterocycles. The van der Waals surface area contributed by atoms with Gasteiger partial charge in [-0.1, -0.05) is 0 Å². The summed E-state index contributed by atoms with van der Waals surface area (Å²) in [7, 11) is 0. The van der Waals surface area contributed by atoms with Gasteiger partial charge >= 0.3 is 0 Å². The predicted octanol–water partition coefficient (Wildman–Crippen LogP) is 3.80. The first-order chi connectivity index (χ1) is 12.2. The van der Waals surface area contributed by atoms with Gasteiger partial charge in [0.15, 0.2) is 11.6 Å². The standard InChI is InChI=1S/C18H20N6S/c1-9-4-14-16(25-9)17(20-15-6-13(22-23-15)10-2-3-10)21-18(19-14)24-7-11-5-12(11)8-24/h4,6,10-12H,2-3,5,7-8H2,1H3,(H2,19,20,21,22,23)/t11-,12+. The summed E-state index contributed by atoms with van der Waals surface area (Å²) in [6.45, 7) is 4.33. The average Bonchev–Trinajstić information content (AvgIpc) is 3.44. The highest BCUT2D eigenvalue weighted by Crippen LogP contribution is 2.46. The molecule has 25 heavy (non-hydrogen) atoms. The Kier molecular flexibility index (Phi) is 2.78. The Balaban J connectivity index is 1.38. The molecule has 128 valence electrons. The lowest BCUT2D eigenvalue weighted by Gasteiger charge is -2.18. The molecule has 2 atom stereocenters. The van der Waals surface area contributed by atoms with Crippen LogP contribution in [0.4, 0.5) is 17.6 Å². The van der Waals surface area contributed by atoms with Crippen LogP contribution in [0, 0.1) is 18.8 Å². The highest BCUT2D eigenvalue weighted by atomic mass is 32.1. The Morgan fingerprint density at radius 2 is 2.04 bits per heavy atom. The molecule has 0 unspecified atom stereocenters. The maximum absolute atomic E-state index is 4.88. The van der Waals surface area contributed by atoms with Gasteiger partial charge in [0.25, 0.3) is 0 Å². The van der Waals surface area contributed by atoms with E-state index in [4.69, 9.17) is 9.97 Å². The molecule has 0 radical (unpaired) electrons. The molecule has 2 aliphatic carbocycles. The monoisotopic (exact) mass is 352 g/mol. The molecule has 3 aromatic rings. The first-order valence-electron chi connectivity index (χ1n) is 9.08. The summed E-state index contributed by atoms with van der Waals surface area (Å²) < 4.78 is 1.11. The van der Waals surface area contributed by atoms with E-state index in [1.165, 1.54) is 29.8 Å². The van der Waals surface area contributed by atoms with Gasteiger partial charge in [0, 0.05) is 35.6 Å². The first kappa shape index (κ1) is 14.1. The molecule has 2 saturated carbocycles. The van der Waals surface area contributed by atoms with Gasteiger partial charge in [-0.15, -0.1) is 11.3 Å². The summed E-state index contributed by atoms with van der Waals surface area (Å²) in [5.41, 5.74) is 2.27. The zero-order chi connectivity index (χ0) is 16.5. The molecule has 6 nitrogen and oxygen atoms in total. The fourth-order valence-corrected chi connectivity index (χ4v) is 4.85. The molecule has 6 rings (SSSR count). The normalized spacial score (nSPS) is 24.8. The number of thiophene rings is 1. The zero-order valence-electron chi connectivity index (χ0n) is 14.1. The third-order valence-corrected chi connectivity index (χ3v) is 6.65. The van der Waals surface area contributed by atoms with E-state index < -0.39 is 0 Å².